The second-order valence-electron chi connectivity index (χ2n) is 4.39. The summed E-state index contributed by atoms with van der Waals surface area (Å²) in [6.45, 7) is 5.31. The van der Waals surface area contributed by atoms with E-state index in [0.717, 1.165) is 31.6 Å². The van der Waals surface area contributed by atoms with Crippen LogP contribution in [0.3, 0.4) is 0 Å². The van der Waals surface area contributed by atoms with Crippen LogP contribution >= 0.6 is 0 Å². The van der Waals surface area contributed by atoms with Gasteiger partial charge in [-0.3, -0.25) is 4.90 Å². The van der Waals surface area contributed by atoms with E-state index >= 15 is 0 Å². The number of aromatic nitrogens is 1. The molecule has 2 nitrogen and oxygen atoms in total. The lowest BCUT2D eigenvalue weighted by Crippen LogP contribution is -2.29. The molecule has 0 radical (unpaired) electrons. The molecule has 1 aliphatic rings. The minimum Gasteiger partial charge on any atom is -0.357 e. The fourth-order valence-corrected chi connectivity index (χ4v) is 2.55. The SMILES string of the molecule is CCN1CCc2c([nH]c3cc(F)ccc23)C1.[HH]. The molecular formula is C13H17FN2. The molecule has 0 bridgehead atoms. The van der Waals surface area contributed by atoms with Gasteiger partial charge in [-0.2, -0.15) is 0 Å². The molecule has 0 saturated heterocycles. The molecule has 0 aliphatic carbocycles. The summed E-state index contributed by atoms with van der Waals surface area (Å²) in [6, 6.07) is 5.02. The summed E-state index contributed by atoms with van der Waals surface area (Å²) in [6.07, 6.45) is 1.06. The standard InChI is InChI=1S/C13H15FN2.H2/c1-2-16-6-5-11-10-4-3-9(14)7-12(10)15-13(11)8-16;/h3-4,7,15H,2,5-6,8H2,1H3;1H. The van der Waals surface area contributed by atoms with Crippen LogP contribution in [0, 0.1) is 5.82 Å². The van der Waals surface area contributed by atoms with E-state index in [9.17, 15) is 4.39 Å². The molecule has 1 aromatic heterocycles. The number of nitrogens with one attached hydrogen (secondary N) is 1. The van der Waals surface area contributed by atoms with Crippen LogP contribution < -0.4 is 0 Å². The second kappa shape index (κ2) is 3.59. The zero-order valence-electron chi connectivity index (χ0n) is 9.39. The van der Waals surface area contributed by atoms with Crippen molar-refractivity contribution in [3.8, 4) is 0 Å². The number of hydrogen-bond donors (Lipinski definition) is 1. The minimum absolute atomic E-state index is 0. The van der Waals surface area contributed by atoms with Gasteiger partial charge in [0.25, 0.3) is 0 Å². The van der Waals surface area contributed by atoms with Crippen molar-refractivity contribution in [2.45, 2.75) is 19.9 Å². The first kappa shape index (κ1) is 9.85. The number of nitrogens with zero attached hydrogens (tertiary/aromatic N) is 1. The number of fused-ring (bicyclic) bond motifs is 3. The van der Waals surface area contributed by atoms with Gasteiger partial charge in [-0.05, 0) is 36.7 Å². The van der Waals surface area contributed by atoms with Crippen molar-refractivity contribution in [1.82, 2.24) is 9.88 Å². The quantitative estimate of drug-likeness (QED) is 0.783. The molecule has 0 atom stereocenters. The molecule has 3 heteroatoms. The Morgan fingerprint density at radius 2 is 2.38 bits per heavy atom. The summed E-state index contributed by atoms with van der Waals surface area (Å²) in [5.41, 5.74) is 3.57. The molecule has 0 unspecified atom stereocenters. The van der Waals surface area contributed by atoms with Crippen molar-refractivity contribution in [1.29, 1.82) is 0 Å². The normalized spacial score (nSPS) is 16.6. The third-order valence-corrected chi connectivity index (χ3v) is 3.46. The smallest absolute Gasteiger partial charge is 0.125 e. The molecule has 2 heterocycles. The first-order valence-corrected chi connectivity index (χ1v) is 5.79. The Morgan fingerprint density at radius 1 is 1.50 bits per heavy atom. The van der Waals surface area contributed by atoms with Crippen LogP contribution in [0.1, 0.15) is 19.6 Å². The van der Waals surface area contributed by atoms with Gasteiger partial charge >= 0.3 is 0 Å². The summed E-state index contributed by atoms with van der Waals surface area (Å²) >= 11 is 0. The number of rotatable bonds is 1. The highest BCUT2D eigenvalue weighted by molar-refractivity contribution is 5.84. The Morgan fingerprint density at radius 3 is 3.19 bits per heavy atom. The van der Waals surface area contributed by atoms with Crippen LogP contribution in [0.5, 0.6) is 0 Å². The number of hydrogen-bond acceptors (Lipinski definition) is 1. The summed E-state index contributed by atoms with van der Waals surface area (Å²) in [4.78, 5) is 5.74. The highest BCUT2D eigenvalue weighted by Crippen LogP contribution is 2.27. The summed E-state index contributed by atoms with van der Waals surface area (Å²) in [7, 11) is 0. The van der Waals surface area contributed by atoms with Crippen LogP contribution in [0.15, 0.2) is 18.2 Å². The fourth-order valence-electron chi connectivity index (χ4n) is 2.55. The lowest BCUT2D eigenvalue weighted by Gasteiger charge is -2.25. The predicted octanol–water partition coefficient (Wildman–Crippen LogP) is 2.93. The Bertz CT molecular complexity index is 535. The molecule has 3 rings (SSSR count). The lowest BCUT2D eigenvalue weighted by atomic mass is 10.0. The van der Waals surface area contributed by atoms with Gasteiger partial charge in [-0.15, -0.1) is 0 Å². The number of H-pyrrole nitrogens is 1. The van der Waals surface area contributed by atoms with E-state index in [-0.39, 0.29) is 7.24 Å². The van der Waals surface area contributed by atoms with Crippen molar-refractivity contribution in [2.75, 3.05) is 13.1 Å². The monoisotopic (exact) mass is 220 g/mol. The predicted molar refractivity (Wildman–Crippen MR) is 65.0 cm³/mol. The molecule has 1 aromatic carbocycles. The van der Waals surface area contributed by atoms with Gasteiger partial charge in [0.15, 0.2) is 0 Å². The average molecular weight is 220 g/mol. The lowest BCUT2D eigenvalue weighted by molar-refractivity contribution is 0.266. The first-order valence-electron chi connectivity index (χ1n) is 5.79. The molecule has 0 spiro atoms. The molecule has 86 valence electrons. The number of benzene rings is 1. The second-order valence-corrected chi connectivity index (χ2v) is 4.39. The zero-order chi connectivity index (χ0) is 11.1. The first-order chi connectivity index (χ1) is 7.78. The van der Waals surface area contributed by atoms with Gasteiger partial charge in [-0.25, -0.2) is 4.39 Å². The highest BCUT2D eigenvalue weighted by Gasteiger charge is 2.19. The Balaban J connectivity index is 0.00000108. The summed E-state index contributed by atoms with van der Waals surface area (Å²) in [5.74, 6) is -0.168. The third kappa shape index (κ3) is 1.43. The third-order valence-electron chi connectivity index (χ3n) is 3.46. The molecular weight excluding hydrogens is 203 g/mol. The Labute approximate surface area is 95.6 Å². The maximum atomic E-state index is 13.1. The van der Waals surface area contributed by atoms with Gasteiger partial charge in [0.05, 0.1) is 0 Å². The Kier molecular flexibility index (Phi) is 2.21. The van der Waals surface area contributed by atoms with Crippen molar-refractivity contribution in [3.05, 3.63) is 35.3 Å². The fraction of sp³-hybridized carbons (Fsp3) is 0.385. The zero-order valence-corrected chi connectivity index (χ0v) is 9.39. The van der Waals surface area contributed by atoms with E-state index in [1.54, 1.807) is 12.1 Å². The van der Waals surface area contributed by atoms with Crippen LogP contribution in [0.2, 0.25) is 0 Å². The van der Waals surface area contributed by atoms with Crippen LogP contribution in [-0.4, -0.2) is 23.0 Å². The number of halogens is 1. The molecule has 0 amide bonds. The topological polar surface area (TPSA) is 19.0 Å². The van der Waals surface area contributed by atoms with E-state index in [4.69, 9.17) is 0 Å². The van der Waals surface area contributed by atoms with Gasteiger partial charge < -0.3 is 4.98 Å². The van der Waals surface area contributed by atoms with Crippen molar-refractivity contribution in [3.63, 3.8) is 0 Å². The molecule has 2 aromatic rings. The largest absolute Gasteiger partial charge is 0.357 e. The summed E-state index contributed by atoms with van der Waals surface area (Å²) in [5, 5.41) is 1.19. The maximum Gasteiger partial charge on any atom is 0.125 e. The Hall–Kier alpha value is -1.35. The highest BCUT2D eigenvalue weighted by atomic mass is 19.1. The van der Waals surface area contributed by atoms with Crippen LogP contribution in [0.4, 0.5) is 4.39 Å². The molecule has 0 fully saturated rings. The van der Waals surface area contributed by atoms with E-state index in [1.165, 1.54) is 16.6 Å². The molecule has 16 heavy (non-hydrogen) atoms. The van der Waals surface area contributed by atoms with Gasteiger partial charge in [0, 0.05) is 31.1 Å². The maximum absolute atomic E-state index is 13.1. The van der Waals surface area contributed by atoms with Gasteiger partial charge in [-0.1, -0.05) is 6.92 Å². The number of likely N-dealkylation sites (N-methyl/N-ethyl adjacent to an activating group) is 1. The van der Waals surface area contributed by atoms with Gasteiger partial charge in [0.2, 0.25) is 0 Å². The average Bonchev–Trinajstić information content (AvgIpc) is 2.64. The minimum atomic E-state index is -0.168. The number of aromatic amines is 1. The molecule has 1 aliphatic heterocycles. The van der Waals surface area contributed by atoms with E-state index < -0.39 is 0 Å². The van der Waals surface area contributed by atoms with Crippen LogP contribution in [0.25, 0.3) is 10.9 Å². The van der Waals surface area contributed by atoms with Crippen molar-refractivity contribution in [2.24, 2.45) is 0 Å². The summed E-state index contributed by atoms with van der Waals surface area (Å²) < 4.78 is 13.1. The van der Waals surface area contributed by atoms with Gasteiger partial charge in [0.1, 0.15) is 5.82 Å². The van der Waals surface area contributed by atoms with E-state index in [0.29, 0.717) is 0 Å². The molecule has 0 saturated carbocycles. The van der Waals surface area contributed by atoms with E-state index in [1.807, 2.05) is 6.07 Å². The van der Waals surface area contributed by atoms with E-state index in [2.05, 4.69) is 16.8 Å². The van der Waals surface area contributed by atoms with Crippen molar-refractivity contribution >= 4 is 10.9 Å². The van der Waals surface area contributed by atoms with Crippen molar-refractivity contribution < 1.29 is 5.82 Å². The van der Waals surface area contributed by atoms with Crippen LogP contribution in [-0.2, 0) is 13.0 Å². The molecule has 1 N–H and O–H groups in total.